The molecule has 142 valence electrons. The molecule has 25 heavy (non-hydrogen) atoms. The molecule has 1 heterocycles. The first-order valence-corrected chi connectivity index (χ1v) is 8.73. The van der Waals surface area contributed by atoms with E-state index in [9.17, 15) is 4.39 Å². The van der Waals surface area contributed by atoms with E-state index >= 15 is 0 Å². The van der Waals surface area contributed by atoms with Gasteiger partial charge in [0.1, 0.15) is 19.0 Å². The maximum atomic E-state index is 13.5. The zero-order valence-electron chi connectivity index (χ0n) is 15.2. The molecule has 1 aromatic rings. The van der Waals surface area contributed by atoms with Gasteiger partial charge in [0, 0.05) is 32.2 Å². The van der Waals surface area contributed by atoms with Crippen molar-refractivity contribution in [1.29, 1.82) is 0 Å². The molecule has 0 spiro atoms. The molecule has 0 fully saturated rings. The summed E-state index contributed by atoms with van der Waals surface area (Å²) in [7, 11) is 4.01. The number of nitrogens with zero attached hydrogens (tertiary/aromatic N) is 2. The zero-order chi connectivity index (χ0) is 17.9. The Kier molecular flexibility index (Phi) is 8.96. The van der Waals surface area contributed by atoms with E-state index in [1.165, 1.54) is 12.1 Å². The molecule has 0 N–H and O–H groups in total. The average molecular weight is 356 g/mol. The lowest BCUT2D eigenvalue weighted by Gasteiger charge is -2.20. The quantitative estimate of drug-likeness (QED) is 0.702. The molecule has 2 rings (SSSR count). The number of fused-ring (bicyclic) bond motifs is 1. The van der Waals surface area contributed by atoms with Gasteiger partial charge < -0.3 is 28.7 Å². The summed E-state index contributed by atoms with van der Waals surface area (Å²) in [6.07, 6.45) is 0. The largest absolute Gasteiger partial charge is 0.488 e. The van der Waals surface area contributed by atoms with Crippen LogP contribution in [-0.2, 0) is 9.47 Å². The first-order valence-electron chi connectivity index (χ1n) is 8.73. The third-order valence-corrected chi connectivity index (χ3v) is 3.97. The molecule has 0 atom stereocenters. The van der Waals surface area contributed by atoms with Gasteiger partial charge in [-0.05, 0) is 26.2 Å². The molecule has 0 saturated carbocycles. The van der Waals surface area contributed by atoms with Crippen LogP contribution in [0.25, 0.3) is 0 Å². The minimum atomic E-state index is -0.333. The van der Waals surface area contributed by atoms with Crippen LogP contribution in [0.4, 0.5) is 4.39 Å². The predicted molar refractivity (Wildman–Crippen MR) is 94.0 cm³/mol. The van der Waals surface area contributed by atoms with E-state index in [1.54, 1.807) is 6.07 Å². The summed E-state index contributed by atoms with van der Waals surface area (Å²) >= 11 is 0. The van der Waals surface area contributed by atoms with Crippen molar-refractivity contribution in [2.75, 3.05) is 79.9 Å². The van der Waals surface area contributed by atoms with Crippen LogP contribution in [0.2, 0.25) is 0 Å². The van der Waals surface area contributed by atoms with E-state index in [-0.39, 0.29) is 5.82 Å². The second kappa shape index (κ2) is 11.3. The number of hydrogen-bond acceptors (Lipinski definition) is 6. The van der Waals surface area contributed by atoms with E-state index in [4.69, 9.17) is 18.9 Å². The smallest absolute Gasteiger partial charge is 0.164 e. The van der Waals surface area contributed by atoms with Gasteiger partial charge in [-0.15, -0.1) is 0 Å². The van der Waals surface area contributed by atoms with Crippen LogP contribution in [0.1, 0.15) is 0 Å². The van der Waals surface area contributed by atoms with Crippen molar-refractivity contribution < 1.29 is 23.3 Å². The predicted octanol–water partition coefficient (Wildman–Crippen LogP) is 1.49. The van der Waals surface area contributed by atoms with Gasteiger partial charge in [-0.2, -0.15) is 0 Å². The normalized spacial score (nSPS) is 20.6. The second-order valence-electron chi connectivity index (χ2n) is 6.12. The fourth-order valence-electron chi connectivity index (χ4n) is 2.32. The SMILES string of the molecule is CN1CCOCCOCCN(C)CCOc2cc(F)ccc2OCC1. The highest BCUT2D eigenvalue weighted by molar-refractivity contribution is 5.40. The lowest BCUT2D eigenvalue weighted by molar-refractivity contribution is 0.0330. The third kappa shape index (κ3) is 8.00. The van der Waals surface area contributed by atoms with Crippen molar-refractivity contribution in [3.63, 3.8) is 0 Å². The summed E-state index contributed by atoms with van der Waals surface area (Å²) in [4.78, 5) is 4.24. The Hall–Kier alpha value is -1.41. The van der Waals surface area contributed by atoms with Gasteiger partial charge in [-0.1, -0.05) is 0 Å². The first kappa shape index (κ1) is 19.9. The third-order valence-electron chi connectivity index (χ3n) is 3.97. The monoisotopic (exact) mass is 356 g/mol. The summed E-state index contributed by atoms with van der Waals surface area (Å²) in [6.45, 7) is 6.56. The van der Waals surface area contributed by atoms with Crippen LogP contribution < -0.4 is 9.47 Å². The maximum Gasteiger partial charge on any atom is 0.164 e. The Labute approximate surface area is 149 Å². The molecule has 0 aromatic heterocycles. The van der Waals surface area contributed by atoms with Gasteiger partial charge in [0.25, 0.3) is 0 Å². The van der Waals surface area contributed by atoms with Gasteiger partial charge in [0.05, 0.1) is 26.4 Å². The van der Waals surface area contributed by atoms with Crippen LogP contribution >= 0.6 is 0 Å². The van der Waals surface area contributed by atoms with Crippen LogP contribution in [0.15, 0.2) is 18.2 Å². The Morgan fingerprint density at radius 1 is 0.720 bits per heavy atom. The standard InChI is InChI=1S/C18H29FN2O4/c1-20-5-9-22-13-14-23-10-6-21(2)8-12-25-18-15-16(19)3-4-17(18)24-11-7-20/h3-4,15H,5-14H2,1-2H3. The Morgan fingerprint density at radius 2 is 1.24 bits per heavy atom. The summed E-state index contributed by atoms with van der Waals surface area (Å²) in [6, 6.07) is 4.37. The van der Waals surface area contributed by atoms with E-state index in [1.807, 2.05) is 14.1 Å². The van der Waals surface area contributed by atoms with Crippen LogP contribution in [0.5, 0.6) is 11.5 Å². The van der Waals surface area contributed by atoms with E-state index in [0.29, 0.717) is 51.1 Å². The molecule has 0 unspecified atom stereocenters. The topological polar surface area (TPSA) is 43.4 Å². The van der Waals surface area contributed by atoms with Crippen molar-refractivity contribution in [3.8, 4) is 11.5 Å². The fourth-order valence-corrected chi connectivity index (χ4v) is 2.32. The molecule has 7 heteroatoms. The fraction of sp³-hybridized carbons (Fsp3) is 0.667. The average Bonchev–Trinajstić information content (AvgIpc) is 2.58. The highest BCUT2D eigenvalue weighted by Gasteiger charge is 2.09. The lowest BCUT2D eigenvalue weighted by atomic mass is 10.3. The van der Waals surface area contributed by atoms with E-state index < -0.39 is 0 Å². The first-order chi connectivity index (χ1) is 12.1. The number of likely N-dealkylation sites (N-methyl/N-ethyl adjacent to an activating group) is 2. The minimum Gasteiger partial charge on any atom is -0.488 e. The molecular weight excluding hydrogens is 327 g/mol. The van der Waals surface area contributed by atoms with E-state index in [2.05, 4.69) is 9.80 Å². The molecule has 6 nitrogen and oxygen atoms in total. The number of hydrogen-bond donors (Lipinski definition) is 0. The maximum absolute atomic E-state index is 13.5. The molecule has 1 aliphatic heterocycles. The Balaban J connectivity index is 1.93. The Morgan fingerprint density at radius 3 is 1.84 bits per heavy atom. The molecule has 0 amide bonds. The van der Waals surface area contributed by atoms with Gasteiger partial charge in [-0.3, -0.25) is 0 Å². The van der Waals surface area contributed by atoms with E-state index in [0.717, 1.165) is 26.2 Å². The van der Waals surface area contributed by atoms with Crippen LogP contribution in [0.3, 0.4) is 0 Å². The van der Waals surface area contributed by atoms with Gasteiger partial charge >= 0.3 is 0 Å². The van der Waals surface area contributed by atoms with Crippen LogP contribution in [0, 0.1) is 5.82 Å². The molecule has 0 radical (unpaired) electrons. The molecule has 0 aliphatic carbocycles. The molecule has 0 bridgehead atoms. The van der Waals surface area contributed by atoms with Gasteiger partial charge in [0.15, 0.2) is 11.5 Å². The summed E-state index contributed by atoms with van der Waals surface area (Å²) in [5, 5.41) is 0. The molecule has 0 saturated heterocycles. The summed E-state index contributed by atoms with van der Waals surface area (Å²) in [5.41, 5.74) is 0. The van der Waals surface area contributed by atoms with Crippen molar-refractivity contribution in [2.24, 2.45) is 0 Å². The number of benzene rings is 1. The second-order valence-corrected chi connectivity index (χ2v) is 6.12. The highest BCUT2D eigenvalue weighted by Crippen LogP contribution is 2.27. The van der Waals surface area contributed by atoms with Crippen molar-refractivity contribution >= 4 is 0 Å². The van der Waals surface area contributed by atoms with Crippen molar-refractivity contribution in [2.45, 2.75) is 0 Å². The van der Waals surface area contributed by atoms with Gasteiger partial charge in [-0.25, -0.2) is 4.39 Å². The van der Waals surface area contributed by atoms with Gasteiger partial charge in [0.2, 0.25) is 0 Å². The number of ether oxygens (including phenoxy) is 4. The minimum absolute atomic E-state index is 0.333. The highest BCUT2D eigenvalue weighted by atomic mass is 19.1. The molecular formula is C18H29FN2O4. The number of halogens is 1. The van der Waals surface area contributed by atoms with Crippen LogP contribution in [-0.4, -0.2) is 89.7 Å². The Bertz CT molecular complexity index is 504. The molecule has 1 aliphatic rings. The van der Waals surface area contributed by atoms with Crippen molar-refractivity contribution in [3.05, 3.63) is 24.0 Å². The summed E-state index contributed by atoms with van der Waals surface area (Å²) in [5.74, 6) is 0.676. The van der Waals surface area contributed by atoms with Crippen molar-refractivity contribution in [1.82, 2.24) is 9.80 Å². The summed E-state index contributed by atoms with van der Waals surface area (Å²) < 4.78 is 36.1. The zero-order valence-corrected chi connectivity index (χ0v) is 15.2. The number of rotatable bonds is 0. The lowest BCUT2D eigenvalue weighted by Crippen LogP contribution is -2.29. The molecule has 1 aromatic carbocycles.